The van der Waals surface area contributed by atoms with Crippen molar-refractivity contribution in [1.82, 2.24) is 9.88 Å². The highest BCUT2D eigenvalue weighted by Crippen LogP contribution is 2.36. The molecule has 0 aliphatic heterocycles. The molecule has 0 spiro atoms. The third-order valence-corrected chi connectivity index (χ3v) is 3.98. The molecule has 0 amide bonds. The molecule has 1 aliphatic carbocycles. The van der Waals surface area contributed by atoms with E-state index in [4.69, 9.17) is 0 Å². The Bertz CT molecular complexity index is 486. The number of pyridine rings is 1. The Balaban J connectivity index is 2.26. The van der Waals surface area contributed by atoms with Gasteiger partial charge in [0.15, 0.2) is 0 Å². The van der Waals surface area contributed by atoms with Gasteiger partial charge in [-0.2, -0.15) is 0 Å². The van der Waals surface area contributed by atoms with Gasteiger partial charge >= 0.3 is 0 Å². The molecule has 0 radical (unpaired) electrons. The van der Waals surface area contributed by atoms with Crippen LogP contribution in [0.4, 0.5) is 0 Å². The lowest BCUT2D eigenvalue weighted by Crippen LogP contribution is -2.32. The van der Waals surface area contributed by atoms with Crippen LogP contribution < -0.4 is 10.9 Å². The maximum Gasteiger partial charge on any atom is 0.255 e. The molecule has 2 rings (SSSR count). The molecular formula is C16H26N2O. The number of nitrogens with one attached hydrogen (secondary N) is 1. The summed E-state index contributed by atoms with van der Waals surface area (Å²) in [6, 6.07) is 5.05. The maximum absolute atomic E-state index is 12.6. The average molecular weight is 262 g/mol. The van der Waals surface area contributed by atoms with E-state index >= 15 is 0 Å². The molecule has 1 heterocycles. The molecular weight excluding hydrogens is 236 g/mol. The largest absolute Gasteiger partial charge is 0.310 e. The zero-order valence-corrected chi connectivity index (χ0v) is 12.6. The lowest BCUT2D eigenvalue weighted by molar-refractivity contribution is 0.526. The predicted octanol–water partition coefficient (Wildman–Crippen LogP) is 3.19. The Morgan fingerprint density at radius 2 is 2.00 bits per heavy atom. The van der Waals surface area contributed by atoms with Crippen molar-refractivity contribution >= 4 is 0 Å². The number of hydrogen-bond acceptors (Lipinski definition) is 2. The third-order valence-electron chi connectivity index (χ3n) is 3.98. The molecule has 1 aromatic rings. The molecule has 0 bridgehead atoms. The summed E-state index contributed by atoms with van der Waals surface area (Å²) in [5, 5.41) is 3.41. The van der Waals surface area contributed by atoms with Crippen LogP contribution in [-0.4, -0.2) is 10.6 Å². The first-order chi connectivity index (χ1) is 9.04. The van der Waals surface area contributed by atoms with E-state index in [1.165, 1.54) is 5.69 Å². The van der Waals surface area contributed by atoms with E-state index in [1.807, 2.05) is 10.6 Å². The van der Waals surface area contributed by atoms with Crippen LogP contribution in [0.5, 0.6) is 0 Å². The summed E-state index contributed by atoms with van der Waals surface area (Å²) in [5.41, 5.74) is 2.29. The second-order valence-electron chi connectivity index (χ2n) is 6.03. The monoisotopic (exact) mass is 262 g/mol. The van der Waals surface area contributed by atoms with Crippen LogP contribution in [0.15, 0.2) is 16.9 Å². The summed E-state index contributed by atoms with van der Waals surface area (Å²) in [6.07, 6.45) is 3.39. The Morgan fingerprint density at radius 3 is 2.53 bits per heavy atom. The van der Waals surface area contributed by atoms with Crippen molar-refractivity contribution in [2.45, 2.75) is 71.5 Å². The number of nitrogens with zero attached hydrogens (tertiary/aromatic N) is 1. The molecule has 1 aliphatic rings. The van der Waals surface area contributed by atoms with E-state index < -0.39 is 0 Å². The molecule has 3 nitrogen and oxygen atoms in total. The molecule has 3 heteroatoms. The second kappa shape index (κ2) is 5.91. The Hall–Kier alpha value is -1.09. The highest BCUT2D eigenvalue weighted by molar-refractivity contribution is 5.20. The summed E-state index contributed by atoms with van der Waals surface area (Å²) < 4.78 is 2.04. The second-order valence-corrected chi connectivity index (χ2v) is 6.03. The van der Waals surface area contributed by atoms with Gasteiger partial charge in [-0.1, -0.05) is 26.8 Å². The lowest BCUT2D eigenvalue weighted by atomic mass is 10.1. The minimum absolute atomic E-state index is 0.213. The smallest absolute Gasteiger partial charge is 0.255 e. The van der Waals surface area contributed by atoms with E-state index in [0.717, 1.165) is 24.8 Å². The molecule has 19 heavy (non-hydrogen) atoms. The molecule has 0 aromatic carbocycles. The van der Waals surface area contributed by atoms with Gasteiger partial charge in [0.2, 0.25) is 0 Å². The first-order valence-electron chi connectivity index (χ1n) is 7.52. The molecule has 1 atom stereocenters. The van der Waals surface area contributed by atoms with Gasteiger partial charge in [0, 0.05) is 29.9 Å². The molecule has 1 N–H and O–H groups in total. The average Bonchev–Trinajstić information content (AvgIpc) is 3.20. The number of rotatable bonds is 6. The minimum Gasteiger partial charge on any atom is -0.310 e. The summed E-state index contributed by atoms with van der Waals surface area (Å²) in [6.45, 7) is 9.30. The topological polar surface area (TPSA) is 34.0 Å². The summed E-state index contributed by atoms with van der Waals surface area (Å²) in [4.78, 5) is 12.6. The SMILES string of the molecule is CCC(C)NCc1ccc(C(C)C)n(C2CC2)c1=O. The van der Waals surface area contributed by atoms with E-state index in [9.17, 15) is 4.79 Å². The van der Waals surface area contributed by atoms with E-state index in [-0.39, 0.29) is 5.56 Å². The van der Waals surface area contributed by atoms with Crippen molar-refractivity contribution in [2.75, 3.05) is 0 Å². The number of aromatic nitrogens is 1. The minimum atomic E-state index is 0.213. The zero-order valence-electron chi connectivity index (χ0n) is 12.6. The van der Waals surface area contributed by atoms with Crippen LogP contribution >= 0.6 is 0 Å². The van der Waals surface area contributed by atoms with Crippen molar-refractivity contribution in [3.05, 3.63) is 33.7 Å². The van der Waals surface area contributed by atoms with Crippen molar-refractivity contribution in [3.63, 3.8) is 0 Å². The Kier molecular flexibility index (Phi) is 4.46. The van der Waals surface area contributed by atoms with Crippen molar-refractivity contribution in [1.29, 1.82) is 0 Å². The van der Waals surface area contributed by atoms with Gasteiger partial charge in [-0.25, -0.2) is 0 Å². The normalized spacial score (nSPS) is 16.9. The van der Waals surface area contributed by atoms with Gasteiger partial charge in [-0.05, 0) is 38.2 Å². The van der Waals surface area contributed by atoms with Crippen molar-refractivity contribution in [2.24, 2.45) is 0 Å². The van der Waals surface area contributed by atoms with Gasteiger partial charge in [0.05, 0.1) is 0 Å². The van der Waals surface area contributed by atoms with Crippen LogP contribution in [0.3, 0.4) is 0 Å². The molecule has 106 valence electrons. The van der Waals surface area contributed by atoms with Gasteiger partial charge in [-0.3, -0.25) is 4.79 Å². The maximum atomic E-state index is 12.6. The van der Waals surface area contributed by atoms with Crippen LogP contribution in [0.2, 0.25) is 0 Å². The van der Waals surface area contributed by atoms with Crippen LogP contribution in [0.1, 0.15) is 70.2 Å². The zero-order chi connectivity index (χ0) is 14.0. The van der Waals surface area contributed by atoms with Gasteiger partial charge in [0.25, 0.3) is 5.56 Å². The van der Waals surface area contributed by atoms with Crippen LogP contribution in [-0.2, 0) is 6.54 Å². The molecule has 1 unspecified atom stereocenters. The van der Waals surface area contributed by atoms with Crippen LogP contribution in [0.25, 0.3) is 0 Å². The lowest BCUT2D eigenvalue weighted by Gasteiger charge is -2.17. The van der Waals surface area contributed by atoms with E-state index in [1.54, 1.807) is 0 Å². The van der Waals surface area contributed by atoms with E-state index in [2.05, 4.69) is 39.1 Å². The van der Waals surface area contributed by atoms with Gasteiger partial charge in [-0.15, -0.1) is 0 Å². The summed E-state index contributed by atoms with van der Waals surface area (Å²) in [5.74, 6) is 0.407. The van der Waals surface area contributed by atoms with Crippen molar-refractivity contribution < 1.29 is 0 Å². The standard InChI is InChI=1S/C16H26N2O/c1-5-12(4)17-10-13-6-9-15(11(2)3)18(16(13)19)14-7-8-14/h6,9,11-12,14,17H,5,7-8,10H2,1-4H3. The molecule has 1 aromatic heterocycles. The fraction of sp³-hybridized carbons (Fsp3) is 0.688. The Labute approximate surface area is 116 Å². The quantitative estimate of drug-likeness (QED) is 0.854. The van der Waals surface area contributed by atoms with Gasteiger partial charge in [0.1, 0.15) is 0 Å². The van der Waals surface area contributed by atoms with E-state index in [0.29, 0.717) is 24.5 Å². The predicted molar refractivity (Wildman–Crippen MR) is 79.7 cm³/mol. The molecule has 1 fully saturated rings. The van der Waals surface area contributed by atoms with Crippen LogP contribution in [0, 0.1) is 0 Å². The first-order valence-corrected chi connectivity index (χ1v) is 7.52. The highest BCUT2D eigenvalue weighted by Gasteiger charge is 2.28. The summed E-state index contributed by atoms with van der Waals surface area (Å²) in [7, 11) is 0. The summed E-state index contributed by atoms with van der Waals surface area (Å²) >= 11 is 0. The van der Waals surface area contributed by atoms with Crippen molar-refractivity contribution in [3.8, 4) is 0 Å². The fourth-order valence-corrected chi connectivity index (χ4v) is 2.35. The molecule has 1 saturated carbocycles. The van der Waals surface area contributed by atoms with Gasteiger partial charge < -0.3 is 9.88 Å². The molecule has 0 saturated heterocycles. The third kappa shape index (κ3) is 3.27. The Morgan fingerprint density at radius 1 is 1.32 bits per heavy atom. The fourth-order valence-electron chi connectivity index (χ4n) is 2.35. The first kappa shape index (κ1) is 14.3. The highest BCUT2D eigenvalue weighted by atomic mass is 16.1. The number of hydrogen-bond donors (Lipinski definition) is 1.